The van der Waals surface area contributed by atoms with Crippen LogP contribution < -0.4 is 0 Å². The Bertz CT molecular complexity index is 6810. The Labute approximate surface area is 848 Å². The number of unbranched alkanes of at least 4 members (excludes halogenated alkanes) is 16. The second-order valence-corrected chi connectivity index (χ2v) is 45.5. The third-order valence-electron chi connectivity index (χ3n) is 30.8. The molecule has 4 aliphatic carbocycles. The van der Waals surface area contributed by atoms with Crippen molar-refractivity contribution in [1.82, 2.24) is 0 Å². The largest absolute Gasteiger partial charge is 0.289 e. The van der Waals surface area contributed by atoms with Crippen molar-refractivity contribution in [3.8, 4) is 31.6 Å². The van der Waals surface area contributed by atoms with Gasteiger partial charge < -0.3 is 0 Å². The molecule has 0 radical (unpaired) electrons. The van der Waals surface area contributed by atoms with Crippen LogP contribution in [0.15, 0.2) is 229 Å². The van der Waals surface area contributed by atoms with Crippen molar-refractivity contribution in [2.45, 2.75) is 297 Å². The van der Waals surface area contributed by atoms with Crippen LogP contribution in [0.2, 0.25) is 0 Å². The molecular weight excluding hydrogens is 1790 g/mol. The number of carbonyl (C=O) groups excluding carboxylic acids is 2. The Morgan fingerprint density at radius 1 is 0.338 bits per heavy atom. The number of carbonyl (C=O) groups is 2. The van der Waals surface area contributed by atoms with Gasteiger partial charge in [0.25, 0.3) is 11.4 Å². The van der Waals surface area contributed by atoms with E-state index in [0.29, 0.717) is 68.2 Å². The summed E-state index contributed by atoms with van der Waals surface area (Å²) >= 11 is 9.65. The lowest BCUT2D eigenvalue weighted by Crippen LogP contribution is -2.29. The van der Waals surface area contributed by atoms with Crippen LogP contribution in [0.25, 0.3) is 92.8 Å². The Balaban J connectivity index is 0.906. The first-order valence-corrected chi connectivity index (χ1v) is 57.0. The van der Waals surface area contributed by atoms with Crippen molar-refractivity contribution in [2.24, 2.45) is 23.7 Å². The summed E-state index contributed by atoms with van der Waals surface area (Å²) in [5.74, 6) is 2.04. The van der Waals surface area contributed by atoms with E-state index >= 15 is 4.79 Å². The second kappa shape index (κ2) is 46.6. The number of ketones is 2. The highest BCUT2D eigenvalue weighted by molar-refractivity contribution is 7.36. The number of nitriles is 2. The van der Waals surface area contributed by atoms with Gasteiger partial charge in [-0.25, -0.2) is 20.2 Å². The molecule has 710 valence electrons. The number of thiophene rings is 5. The summed E-state index contributed by atoms with van der Waals surface area (Å²) in [6.45, 7) is 35.3. The first kappa shape index (κ1) is 99.6. The van der Waals surface area contributed by atoms with Crippen LogP contribution in [0.1, 0.15) is 369 Å². The minimum atomic E-state index is -0.815. The summed E-state index contributed by atoms with van der Waals surface area (Å²) < 4.78 is 5.14. The SMILES string of the molecule is [C-]#[N+]\C(C#N)=C1/C(=C/C=C/c2cc3c(s2)-c2sc4c5c(sc4c2C3(c2ccc(CC(CCCC)CCCCCC)cc2)c2ccc(CC(CCCC)CCCCCC)cc2)-c2sc3cc(/C=C/C=C4\C(=O)c6cc7ccccc7cc6\C4=C(\C#N)[N+]#[C-])sc3c2C5(c2ccc(CC(CCCC)CCCCCC)cc2)c2ccc(CC(CCCC)CCCCCC)cc2)C(=O)c2cc3ccccc3cc21. The fourth-order valence-electron chi connectivity index (χ4n) is 23.5. The van der Waals surface area contributed by atoms with Crippen LogP contribution in [0, 0.1) is 59.5 Å². The second-order valence-electron chi connectivity index (χ2n) is 40.3. The van der Waals surface area contributed by atoms with Gasteiger partial charge in [0.15, 0.2) is 11.6 Å². The van der Waals surface area contributed by atoms with E-state index in [-0.39, 0.29) is 23.0 Å². The molecule has 0 N–H and O–H groups in total. The lowest BCUT2D eigenvalue weighted by Gasteiger charge is -2.34. The molecule has 4 unspecified atom stereocenters. The molecule has 11 heteroatoms. The quantitative estimate of drug-likeness (QED) is 0.0164. The lowest BCUT2D eigenvalue weighted by atomic mass is 9.67. The van der Waals surface area contributed by atoms with Crippen molar-refractivity contribution < 1.29 is 9.59 Å². The average molecular weight is 1920 g/mol. The number of benzene rings is 8. The maximum Gasteiger partial charge on any atom is 0.270 e. The van der Waals surface area contributed by atoms with Gasteiger partial charge in [0.1, 0.15) is 0 Å². The Hall–Kier alpha value is -11.0. The molecule has 4 aliphatic rings. The monoisotopic (exact) mass is 1920 g/mol. The molecule has 5 aromatic heterocycles. The smallest absolute Gasteiger partial charge is 0.270 e. The van der Waals surface area contributed by atoms with E-state index in [1.807, 2.05) is 154 Å². The van der Waals surface area contributed by atoms with Crippen LogP contribution in [0.4, 0.5) is 0 Å². The summed E-state index contributed by atoms with van der Waals surface area (Å²) in [7, 11) is 0. The summed E-state index contributed by atoms with van der Waals surface area (Å²) in [6, 6.07) is 73.5. The van der Waals surface area contributed by atoms with Gasteiger partial charge in [0.05, 0.1) is 69.7 Å². The van der Waals surface area contributed by atoms with Crippen molar-refractivity contribution in [2.75, 3.05) is 0 Å². The van der Waals surface area contributed by atoms with E-state index in [2.05, 4.69) is 199 Å². The first-order valence-electron chi connectivity index (χ1n) is 52.9. The Kier molecular flexibility index (Phi) is 33.4. The van der Waals surface area contributed by atoms with Crippen LogP contribution in [-0.4, -0.2) is 11.6 Å². The fraction of sp³-hybridized carbons (Fsp3) is 0.391. The molecule has 8 aromatic carbocycles. The molecule has 0 aliphatic heterocycles. The lowest BCUT2D eigenvalue weighted by molar-refractivity contribution is 0.103. The molecule has 0 fully saturated rings. The van der Waals surface area contributed by atoms with E-state index in [4.69, 9.17) is 13.1 Å². The number of fused-ring (bicyclic) bond motifs is 15. The van der Waals surface area contributed by atoms with Gasteiger partial charge in [0, 0.05) is 64.6 Å². The van der Waals surface area contributed by atoms with Gasteiger partial charge in [-0.15, -0.1) is 56.7 Å². The number of hydrogen-bond acceptors (Lipinski definition) is 9. The summed E-state index contributed by atoms with van der Waals surface area (Å²) in [5.41, 5.74) is 17.9. The molecule has 6 nitrogen and oxygen atoms in total. The number of allylic oxidation sites excluding steroid dienone is 10. The molecule has 13 aromatic rings. The number of hydrogen-bond donors (Lipinski definition) is 0. The molecule has 0 spiro atoms. The standard InChI is InChI=1S/C128H136N4O2S5/c1-11-19-27-31-45-85(41-23-15-5)73-89-57-65-97(66-58-89)127(98-67-59-90(60-68-98)74-86(42-24-16-6)46-32-28-20-12-2)109-81-101(53-39-55-103-113(110(83-129)131-9)105-77-93-49-35-37-51-95(93)79-107(105)118(103)133)135-120(109)122-116(127)124-126(138-122)117-125(139-124)123-115(121-112(137-123)82-102(136-121)54-40-56-104-114(111(84-130)132-10)106-78-94-50-36-38-52-96(94)80-108(106)119(104)134)128(117,99-69-61-91(62-70-99)75-87(43-25-17-7)47-33-29-21-13-3)100-71-63-92(64-72-100)76-88(44-26-18-8)48-34-30-22-14-4/h35-40,49-72,77-82,85-88H,11-34,41-48,73-76H2,1-8H3/b53-39+,54-40+,103-55-,104-56-,113-110+,114-111-. The zero-order valence-electron chi connectivity index (χ0n) is 83.2. The zero-order chi connectivity index (χ0) is 96.5. The average Bonchev–Trinajstić information content (AvgIpc) is 1.48. The first-order chi connectivity index (χ1) is 68.2. The molecule has 139 heavy (non-hydrogen) atoms. The fourth-order valence-corrected chi connectivity index (χ4v) is 30.7. The minimum Gasteiger partial charge on any atom is -0.289 e. The molecule has 4 atom stereocenters. The molecular formula is C128H136N4O2S5. The Morgan fingerprint density at radius 3 is 0.993 bits per heavy atom. The maximum absolute atomic E-state index is 15.0. The highest BCUT2D eigenvalue weighted by atomic mass is 32.1. The van der Waals surface area contributed by atoms with Crippen LogP contribution in [0.3, 0.4) is 0 Å². The van der Waals surface area contributed by atoms with Gasteiger partial charge >= 0.3 is 0 Å². The molecule has 5 heterocycles. The van der Waals surface area contributed by atoms with Gasteiger partial charge in [-0.3, -0.25) is 9.59 Å². The van der Waals surface area contributed by atoms with E-state index in [0.717, 1.165) is 57.0 Å². The van der Waals surface area contributed by atoms with Crippen LogP contribution in [-0.2, 0) is 36.5 Å². The minimum absolute atomic E-state index is 0.0930. The van der Waals surface area contributed by atoms with Gasteiger partial charge in [-0.2, -0.15) is 0 Å². The molecule has 17 rings (SSSR count). The van der Waals surface area contributed by atoms with Crippen molar-refractivity contribution in [3.63, 3.8) is 0 Å². The van der Waals surface area contributed by atoms with Crippen LogP contribution >= 0.6 is 56.7 Å². The molecule has 0 saturated carbocycles. The predicted molar refractivity (Wildman–Crippen MR) is 596 cm³/mol. The Morgan fingerprint density at radius 2 is 0.647 bits per heavy atom. The predicted octanol–water partition coefficient (Wildman–Crippen LogP) is 38.6. The van der Waals surface area contributed by atoms with E-state index in [1.165, 1.54) is 311 Å². The molecule has 0 amide bonds. The third-order valence-corrected chi connectivity index (χ3v) is 37.1. The zero-order valence-corrected chi connectivity index (χ0v) is 87.3. The van der Waals surface area contributed by atoms with Gasteiger partial charge in [0.2, 0.25) is 0 Å². The number of rotatable bonds is 48. The van der Waals surface area contributed by atoms with Crippen LogP contribution in [0.5, 0.6) is 0 Å². The summed E-state index contributed by atoms with van der Waals surface area (Å²) in [5, 5.41) is 25.1. The third kappa shape index (κ3) is 20.5. The highest BCUT2D eigenvalue weighted by Gasteiger charge is 2.56. The van der Waals surface area contributed by atoms with Crippen molar-refractivity contribution in [1.29, 1.82) is 10.5 Å². The number of Topliss-reactive ketones (excluding diaryl/α,β-unsaturated/α-hetero) is 2. The highest BCUT2D eigenvalue weighted by Crippen LogP contribution is 2.72. The molecule has 0 bridgehead atoms. The van der Waals surface area contributed by atoms with E-state index in [9.17, 15) is 15.3 Å². The van der Waals surface area contributed by atoms with E-state index < -0.39 is 10.8 Å². The van der Waals surface area contributed by atoms with Gasteiger partial charge in [-0.1, -0.05) is 431 Å². The normalized spacial score (nSPS) is 17.5. The number of nitrogens with zero attached hydrogens (tertiary/aromatic N) is 4. The summed E-state index contributed by atoms with van der Waals surface area (Å²) in [4.78, 5) is 44.8. The van der Waals surface area contributed by atoms with Gasteiger partial charge in [-0.05, 0) is 181 Å². The van der Waals surface area contributed by atoms with Crippen molar-refractivity contribution in [3.05, 3.63) is 350 Å². The maximum atomic E-state index is 15.0. The van der Waals surface area contributed by atoms with Crippen molar-refractivity contribution >= 4 is 132 Å². The summed E-state index contributed by atoms with van der Waals surface area (Å²) in [6.07, 6.45) is 56.0. The topological polar surface area (TPSA) is 90.4 Å². The van der Waals surface area contributed by atoms with E-state index in [1.54, 1.807) is 0 Å². The molecule has 0 saturated heterocycles.